The van der Waals surface area contributed by atoms with Gasteiger partial charge in [0, 0.05) is 74.0 Å². The van der Waals surface area contributed by atoms with Gasteiger partial charge in [-0.1, -0.05) is 72.8 Å². The molecule has 0 radical (unpaired) electrons. The maximum Gasteiger partial charge on any atom is 0.411 e. The number of para-hydroxylation sites is 1. The normalized spacial score (nSPS) is 13.7. The molecule has 0 aliphatic carbocycles. The molecule has 5 aromatic carbocycles. The van der Waals surface area contributed by atoms with Gasteiger partial charge < -0.3 is 40.8 Å². The second kappa shape index (κ2) is 20.2. The molecule has 13 nitrogen and oxygen atoms in total. The second-order valence-corrected chi connectivity index (χ2v) is 15.7. The Hall–Kier alpha value is -6.80. The van der Waals surface area contributed by atoms with E-state index in [0.717, 1.165) is 46.5 Å². The number of aliphatic hydroxyl groups excluding tert-OH is 1. The number of aromatic nitrogens is 1. The molecule has 13 heteroatoms. The van der Waals surface area contributed by atoms with E-state index in [9.17, 15) is 29.4 Å². The van der Waals surface area contributed by atoms with Crippen molar-refractivity contribution in [3.8, 4) is 16.9 Å². The number of H-pyrrole nitrogens is 1. The zero-order chi connectivity index (χ0) is 43.6. The van der Waals surface area contributed by atoms with Gasteiger partial charge in [0.05, 0.1) is 17.3 Å². The van der Waals surface area contributed by atoms with Crippen molar-refractivity contribution in [1.29, 1.82) is 0 Å². The molecule has 1 fully saturated rings. The number of fused-ring (bicyclic) bond motifs is 1. The first-order valence-electron chi connectivity index (χ1n) is 20.9. The number of nitrogens with zero attached hydrogens (tertiary/aromatic N) is 1. The van der Waals surface area contributed by atoms with Gasteiger partial charge in [-0.3, -0.25) is 19.7 Å². The number of piperidine rings is 1. The van der Waals surface area contributed by atoms with E-state index in [-0.39, 0.29) is 41.3 Å². The van der Waals surface area contributed by atoms with E-state index in [4.69, 9.17) is 4.74 Å². The molecular formula is C49H52N6O7. The van der Waals surface area contributed by atoms with Gasteiger partial charge in [0.1, 0.15) is 11.9 Å². The van der Waals surface area contributed by atoms with Crippen molar-refractivity contribution in [3.05, 3.63) is 159 Å². The van der Waals surface area contributed by atoms with E-state index < -0.39 is 12.2 Å². The second-order valence-electron chi connectivity index (χ2n) is 15.7. The summed E-state index contributed by atoms with van der Waals surface area (Å²) in [5.41, 5.74) is 7.93. The molecule has 320 valence electrons. The molecule has 7 rings (SSSR count). The number of hydrogen-bond acceptors (Lipinski definition) is 9. The maximum absolute atomic E-state index is 13.4. The van der Waals surface area contributed by atoms with Crippen molar-refractivity contribution in [2.75, 3.05) is 36.8 Å². The van der Waals surface area contributed by atoms with Crippen molar-refractivity contribution >= 4 is 40.2 Å². The molecule has 0 spiro atoms. The number of aliphatic hydroxyl groups is 1. The monoisotopic (exact) mass is 836 g/mol. The average molecular weight is 837 g/mol. The average Bonchev–Trinajstić information content (AvgIpc) is 3.27. The number of benzene rings is 5. The fraction of sp³-hybridized carbons (Fsp3) is 0.265. The molecule has 3 amide bonds. The summed E-state index contributed by atoms with van der Waals surface area (Å²) in [6, 6.07) is 34.7. The van der Waals surface area contributed by atoms with E-state index in [2.05, 4.69) is 31.2 Å². The summed E-state index contributed by atoms with van der Waals surface area (Å²) in [5.74, 6) is -0.412. The summed E-state index contributed by atoms with van der Waals surface area (Å²) in [4.78, 5) is 55.7. The molecular weight excluding hydrogens is 785 g/mol. The fourth-order valence-electron chi connectivity index (χ4n) is 7.73. The van der Waals surface area contributed by atoms with Gasteiger partial charge in [-0.05, 0) is 96.5 Å². The highest BCUT2D eigenvalue weighted by Crippen LogP contribution is 2.30. The number of pyridine rings is 1. The largest absolute Gasteiger partial charge is 0.506 e. The number of carbonyl (C=O) groups is 3. The van der Waals surface area contributed by atoms with Crippen LogP contribution in [0.15, 0.2) is 120 Å². The van der Waals surface area contributed by atoms with Crippen molar-refractivity contribution in [1.82, 2.24) is 20.5 Å². The minimum atomic E-state index is -0.884. The maximum atomic E-state index is 13.4. The van der Waals surface area contributed by atoms with Crippen LogP contribution < -0.4 is 26.8 Å². The van der Waals surface area contributed by atoms with Gasteiger partial charge in [0.2, 0.25) is 11.5 Å². The molecule has 7 N–H and O–H groups in total. The van der Waals surface area contributed by atoms with Gasteiger partial charge in [0.25, 0.3) is 5.91 Å². The number of phenolic OH excluding ortho intramolecular Hbond substituents is 1. The number of carbonyl (C=O) groups excluding carboxylic acids is 3. The number of rotatable bonds is 15. The lowest BCUT2D eigenvalue weighted by Gasteiger charge is -2.31. The van der Waals surface area contributed by atoms with Crippen LogP contribution in [0.4, 0.5) is 16.2 Å². The van der Waals surface area contributed by atoms with Crippen LogP contribution >= 0.6 is 0 Å². The van der Waals surface area contributed by atoms with Crippen molar-refractivity contribution < 1.29 is 29.3 Å². The Morgan fingerprint density at radius 2 is 1.60 bits per heavy atom. The Morgan fingerprint density at radius 1 is 0.823 bits per heavy atom. The van der Waals surface area contributed by atoms with E-state index in [0.29, 0.717) is 66.8 Å². The summed E-state index contributed by atoms with van der Waals surface area (Å²) in [7, 11) is 0. The van der Waals surface area contributed by atoms with Gasteiger partial charge in [-0.25, -0.2) is 4.79 Å². The minimum Gasteiger partial charge on any atom is -0.506 e. The topological polar surface area (TPSA) is 185 Å². The van der Waals surface area contributed by atoms with Crippen LogP contribution in [0.3, 0.4) is 0 Å². The predicted octanol–water partition coefficient (Wildman–Crippen LogP) is 7.31. The number of aromatic amines is 1. The Balaban J connectivity index is 0.825. The molecule has 1 aliphatic heterocycles. The summed E-state index contributed by atoms with van der Waals surface area (Å²) >= 11 is 0. The first kappa shape index (κ1) is 43.3. The fourth-order valence-corrected chi connectivity index (χ4v) is 7.73. The number of nitrogens with one attached hydrogen (secondary N) is 5. The Kier molecular flexibility index (Phi) is 14.1. The van der Waals surface area contributed by atoms with E-state index in [1.54, 1.807) is 24.3 Å². The zero-order valence-corrected chi connectivity index (χ0v) is 34.9. The third-order valence-electron chi connectivity index (χ3n) is 11.3. The molecule has 0 bridgehead atoms. The van der Waals surface area contributed by atoms with Crippen LogP contribution in [0, 0.1) is 13.8 Å². The summed E-state index contributed by atoms with van der Waals surface area (Å²) < 4.78 is 5.77. The quantitative estimate of drug-likeness (QED) is 0.0557. The minimum absolute atomic E-state index is 0.0638. The molecule has 1 aliphatic rings. The Bertz CT molecular complexity index is 2600. The van der Waals surface area contributed by atoms with Crippen LogP contribution in [0.1, 0.15) is 63.5 Å². The highest BCUT2D eigenvalue weighted by atomic mass is 16.6. The molecule has 0 unspecified atom stereocenters. The molecule has 2 heterocycles. The van der Waals surface area contributed by atoms with Crippen LogP contribution in [0.5, 0.6) is 5.75 Å². The summed E-state index contributed by atoms with van der Waals surface area (Å²) in [6.07, 6.45) is 0.128. The lowest BCUT2D eigenvalue weighted by Crippen LogP contribution is -2.40. The van der Waals surface area contributed by atoms with E-state index >= 15 is 0 Å². The number of likely N-dealkylation sites (tertiary alicyclic amines) is 1. The highest BCUT2D eigenvalue weighted by Gasteiger charge is 2.23. The summed E-state index contributed by atoms with van der Waals surface area (Å²) in [6.45, 7) is 6.88. The number of aromatic hydroxyl groups is 1. The summed E-state index contributed by atoms with van der Waals surface area (Å²) in [5, 5.41) is 33.8. The van der Waals surface area contributed by atoms with Crippen molar-refractivity contribution in [3.63, 3.8) is 0 Å². The smallest absolute Gasteiger partial charge is 0.411 e. The standard InChI is InChI=1S/C49H52N6O7/c1-31-12-14-35(48(60)52-41-17-13-33(26-32(41)2)28-50-30-44(57)39-15-18-43(56)47-40(39)16-19-46(59)54-47)27-36(31)29-51-45(58)22-25-55-23-20-37(21-24-55)62-49(61)53-42-11-7-6-10-38(42)34-8-4-3-5-9-34/h3-19,26-27,37,44,50,56-57H,20-25,28-30H2,1-2H3,(H,51,58)(H,52,60)(H,53,61)(H,54,59)/t44-/m1/s1. The first-order valence-corrected chi connectivity index (χ1v) is 20.9. The van der Waals surface area contributed by atoms with Gasteiger partial charge in [0.15, 0.2) is 0 Å². The molecule has 0 saturated carbocycles. The third-order valence-corrected chi connectivity index (χ3v) is 11.3. The lowest BCUT2D eigenvalue weighted by atomic mass is 10.0. The molecule has 1 aromatic heterocycles. The van der Waals surface area contributed by atoms with Crippen molar-refractivity contribution in [2.24, 2.45) is 0 Å². The SMILES string of the molecule is Cc1ccc(C(=O)Nc2ccc(CNC[C@@H](O)c3ccc(O)c4[nH]c(=O)ccc34)cc2C)cc1CNC(=O)CCN1CCC(OC(=O)Nc2ccccc2-c2ccccc2)CC1. The zero-order valence-electron chi connectivity index (χ0n) is 34.9. The van der Waals surface area contributed by atoms with E-state index in [1.807, 2.05) is 92.7 Å². The number of amides is 3. The number of ether oxygens (including phenoxy) is 1. The van der Waals surface area contributed by atoms with Crippen LogP contribution in [0.2, 0.25) is 0 Å². The number of anilines is 2. The number of phenols is 1. The molecule has 1 saturated heterocycles. The number of aryl methyl sites for hydroxylation is 2. The van der Waals surface area contributed by atoms with Crippen LogP contribution in [-0.2, 0) is 22.6 Å². The van der Waals surface area contributed by atoms with Gasteiger partial charge >= 0.3 is 6.09 Å². The van der Waals surface area contributed by atoms with E-state index in [1.165, 1.54) is 12.1 Å². The molecule has 6 aromatic rings. The van der Waals surface area contributed by atoms with Crippen LogP contribution in [-0.4, -0.2) is 70.3 Å². The highest BCUT2D eigenvalue weighted by molar-refractivity contribution is 6.05. The predicted molar refractivity (Wildman–Crippen MR) is 241 cm³/mol. The lowest BCUT2D eigenvalue weighted by molar-refractivity contribution is -0.121. The van der Waals surface area contributed by atoms with Crippen molar-refractivity contribution in [2.45, 2.75) is 58.4 Å². The first-order chi connectivity index (χ1) is 30.0. The van der Waals surface area contributed by atoms with Crippen LogP contribution in [0.25, 0.3) is 22.0 Å². The van der Waals surface area contributed by atoms with Gasteiger partial charge in [-0.15, -0.1) is 0 Å². The number of hydrogen-bond donors (Lipinski definition) is 7. The molecule has 1 atom stereocenters. The Morgan fingerprint density at radius 3 is 2.39 bits per heavy atom. The Labute approximate surface area is 360 Å². The third kappa shape index (κ3) is 11.1. The molecule has 62 heavy (non-hydrogen) atoms. The van der Waals surface area contributed by atoms with Gasteiger partial charge in [-0.2, -0.15) is 0 Å².